The van der Waals surface area contributed by atoms with E-state index in [4.69, 9.17) is 35.4 Å². The summed E-state index contributed by atoms with van der Waals surface area (Å²) in [6, 6.07) is 14.8. The molecule has 4 nitrogen and oxygen atoms in total. The second-order valence-corrected chi connectivity index (χ2v) is 5.45. The second-order valence-electron chi connectivity index (χ2n) is 4.24. The van der Waals surface area contributed by atoms with Gasteiger partial charge in [-0.05, 0) is 36.5 Å². The Morgan fingerprint density at radius 1 is 1.00 bits per heavy atom. The quantitative estimate of drug-likeness (QED) is 0.663. The predicted octanol–water partition coefficient (Wildman–Crippen LogP) is 4.98. The fraction of sp³-hybridized carbons (Fsp3) is 0. The van der Waals surface area contributed by atoms with Crippen molar-refractivity contribution in [1.29, 1.82) is 0 Å². The molecule has 3 rings (SSSR count). The number of nitrogens with one attached hydrogen (secondary N) is 2. The van der Waals surface area contributed by atoms with E-state index in [2.05, 4.69) is 15.5 Å². The number of benzene rings is 2. The Hall–Kier alpha value is -1.82. The Kier molecular flexibility index (Phi) is 3.96. The first-order valence-corrected chi connectivity index (χ1v) is 7.27. The van der Waals surface area contributed by atoms with Gasteiger partial charge >= 0.3 is 0 Å². The maximum atomic E-state index is 6.23. The van der Waals surface area contributed by atoms with Gasteiger partial charge in [0.25, 0.3) is 0 Å². The number of nitrogens with zero attached hydrogens (tertiary/aromatic N) is 2. The molecular weight excluding hydrogens is 327 g/mol. The third-order valence-electron chi connectivity index (χ3n) is 2.89. The summed E-state index contributed by atoms with van der Waals surface area (Å²) in [6.45, 7) is 0. The number of rotatable bonds is 3. The Balaban J connectivity index is 2.09. The highest BCUT2D eigenvalue weighted by Crippen LogP contribution is 2.27. The van der Waals surface area contributed by atoms with E-state index in [0.29, 0.717) is 20.8 Å². The highest BCUT2D eigenvalue weighted by molar-refractivity contribution is 7.71. The van der Waals surface area contributed by atoms with E-state index < -0.39 is 0 Å². The van der Waals surface area contributed by atoms with Crippen LogP contribution in [0.3, 0.4) is 0 Å². The van der Waals surface area contributed by atoms with Crippen molar-refractivity contribution < 1.29 is 0 Å². The summed E-state index contributed by atoms with van der Waals surface area (Å²) < 4.78 is 2.17. The Morgan fingerprint density at radius 3 is 2.38 bits per heavy atom. The van der Waals surface area contributed by atoms with E-state index in [1.807, 2.05) is 36.4 Å². The van der Waals surface area contributed by atoms with Gasteiger partial charge in [0.1, 0.15) is 0 Å². The van der Waals surface area contributed by atoms with Crippen LogP contribution in [0.4, 0.5) is 11.6 Å². The SMILES string of the molecule is S=c1[nH]nc(Nc2ccccc2Cl)n1-c1ccccc1Cl. The average molecular weight is 337 g/mol. The summed E-state index contributed by atoms with van der Waals surface area (Å²) in [5, 5.41) is 11.3. The van der Waals surface area contributed by atoms with Crippen molar-refractivity contribution in [2.75, 3.05) is 5.32 Å². The van der Waals surface area contributed by atoms with Crippen molar-refractivity contribution in [3.05, 3.63) is 63.3 Å². The number of H-pyrrole nitrogens is 1. The summed E-state index contributed by atoms with van der Waals surface area (Å²) in [5.41, 5.74) is 1.48. The fourth-order valence-corrected chi connectivity index (χ4v) is 2.55. The minimum Gasteiger partial charge on any atom is -0.323 e. The van der Waals surface area contributed by atoms with Gasteiger partial charge in [-0.25, -0.2) is 5.10 Å². The molecule has 0 atom stereocenters. The predicted molar refractivity (Wildman–Crippen MR) is 88.5 cm³/mol. The highest BCUT2D eigenvalue weighted by Gasteiger charge is 2.12. The van der Waals surface area contributed by atoms with Gasteiger partial charge in [-0.3, -0.25) is 4.57 Å². The Bertz CT molecular complexity index is 841. The fourth-order valence-electron chi connectivity index (χ4n) is 1.92. The topological polar surface area (TPSA) is 45.6 Å². The van der Waals surface area contributed by atoms with Crippen LogP contribution in [0.5, 0.6) is 0 Å². The molecule has 0 fully saturated rings. The van der Waals surface area contributed by atoms with E-state index in [-0.39, 0.29) is 0 Å². The average Bonchev–Trinajstić information content (AvgIpc) is 2.83. The second kappa shape index (κ2) is 5.89. The number of para-hydroxylation sites is 2. The molecule has 0 unspecified atom stereocenters. The lowest BCUT2D eigenvalue weighted by Gasteiger charge is -2.11. The molecule has 1 heterocycles. The molecule has 2 aromatic carbocycles. The van der Waals surface area contributed by atoms with Crippen LogP contribution in [0, 0.1) is 4.77 Å². The van der Waals surface area contributed by atoms with Crippen molar-refractivity contribution in [2.24, 2.45) is 0 Å². The van der Waals surface area contributed by atoms with Gasteiger partial charge in [0.05, 0.1) is 21.4 Å². The van der Waals surface area contributed by atoms with Crippen molar-refractivity contribution in [3.63, 3.8) is 0 Å². The molecule has 106 valence electrons. The van der Waals surface area contributed by atoms with Gasteiger partial charge in [0.2, 0.25) is 10.7 Å². The first-order valence-electron chi connectivity index (χ1n) is 6.10. The Labute approximate surface area is 136 Å². The molecule has 0 saturated heterocycles. The van der Waals surface area contributed by atoms with E-state index in [0.717, 1.165) is 11.4 Å². The lowest BCUT2D eigenvalue weighted by molar-refractivity contribution is 1.03. The number of halogens is 2. The lowest BCUT2D eigenvalue weighted by Crippen LogP contribution is -2.02. The van der Waals surface area contributed by atoms with Crippen LogP contribution < -0.4 is 5.32 Å². The molecule has 0 aliphatic heterocycles. The van der Waals surface area contributed by atoms with Gasteiger partial charge in [-0.1, -0.05) is 47.5 Å². The number of hydrogen-bond donors (Lipinski definition) is 2. The molecule has 0 saturated carbocycles. The van der Waals surface area contributed by atoms with E-state index in [1.54, 1.807) is 16.7 Å². The third-order valence-corrected chi connectivity index (χ3v) is 3.81. The van der Waals surface area contributed by atoms with Crippen LogP contribution >= 0.6 is 35.4 Å². The summed E-state index contributed by atoms with van der Waals surface area (Å²) in [7, 11) is 0. The first-order chi connectivity index (χ1) is 10.2. The summed E-state index contributed by atoms with van der Waals surface area (Å²) in [6.07, 6.45) is 0. The van der Waals surface area contributed by atoms with Gasteiger partial charge in [0.15, 0.2) is 0 Å². The zero-order valence-electron chi connectivity index (χ0n) is 10.7. The first kappa shape index (κ1) is 14.1. The van der Waals surface area contributed by atoms with Crippen molar-refractivity contribution in [2.45, 2.75) is 0 Å². The van der Waals surface area contributed by atoms with Crippen LogP contribution in [0.25, 0.3) is 5.69 Å². The van der Waals surface area contributed by atoms with Crippen LogP contribution in [-0.4, -0.2) is 14.8 Å². The van der Waals surface area contributed by atoms with Crippen LogP contribution in [-0.2, 0) is 0 Å². The molecule has 0 amide bonds. The van der Waals surface area contributed by atoms with Crippen molar-refractivity contribution in [3.8, 4) is 5.69 Å². The molecule has 2 N–H and O–H groups in total. The van der Waals surface area contributed by atoms with Gasteiger partial charge in [-0.15, -0.1) is 5.10 Å². The minimum atomic E-state index is 0.442. The maximum Gasteiger partial charge on any atom is 0.232 e. The minimum absolute atomic E-state index is 0.442. The molecule has 0 radical (unpaired) electrons. The van der Waals surface area contributed by atoms with Crippen molar-refractivity contribution >= 4 is 47.1 Å². The molecule has 1 aromatic heterocycles. The zero-order valence-corrected chi connectivity index (χ0v) is 13.0. The molecular formula is C14H10Cl2N4S. The number of anilines is 2. The Morgan fingerprint density at radius 2 is 1.67 bits per heavy atom. The normalized spacial score (nSPS) is 10.6. The van der Waals surface area contributed by atoms with Crippen LogP contribution in [0.15, 0.2) is 48.5 Å². The van der Waals surface area contributed by atoms with Crippen LogP contribution in [0.2, 0.25) is 10.0 Å². The maximum absolute atomic E-state index is 6.23. The zero-order chi connectivity index (χ0) is 14.8. The summed E-state index contributed by atoms with van der Waals surface area (Å²) in [4.78, 5) is 0. The standard InChI is InChI=1S/C14H10Cl2N4S/c15-9-5-1-3-7-11(9)17-13-18-19-14(21)20(13)12-8-4-2-6-10(12)16/h1-8H,(H,17,18)(H,19,21). The molecule has 0 bridgehead atoms. The number of aromatic nitrogens is 3. The van der Waals surface area contributed by atoms with E-state index in [9.17, 15) is 0 Å². The third kappa shape index (κ3) is 2.81. The van der Waals surface area contributed by atoms with Gasteiger partial charge < -0.3 is 5.32 Å². The number of aromatic amines is 1. The molecule has 7 heteroatoms. The van der Waals surface area contributed by atoms with Crippen molar-refractivity contribution in [1.82, 2.24) is 14.8 Å². The monoisotopic (exact) mass is 336 g/mol. The lowest BCUT2D eigenvalue weighted by atomic mass is 10.3. The molecule has 21 heavy (non-hydrogen) atoms. The van der Waals surface area contributed by atoms with E-state index >= 15 is 0 Å². The molecule has 0 aliphatic rings. The molecule has 3 aromatic rings. The van der Waals surface area contributed by atoms with Gasteiger partial charge in [0, 0.05) is 0 Å². The highest BCUT2D eigenvalue weighted by atomic mass is 35.5. The smallest absolute Gasteiger partial charge is 0.232 e. The summed E-state index contributed by atoms with van der Waals surface area (Å²) in [5.74, 6) is 0.515. The molecule has 0 spiro atoms. The van der Waals surface area contributed by atoms with Crippen LogP contribution in [0.1, 0.15) is 0 Å². The molecule has 0 aliphatic carbocycles. The van der Waals surface area contributed by atoms with Gasteiger partial charge in [-0.2, -0.15) is 0 Å². The number of hydrogen-bond acceptors (Lipinski definition) is 3. The van der Waals surface area contributed by atoms with E-state index in [1.165, 1.54) is 0 Å². The summed E-state index contributed by atoms with van der Waals surface area (Å²) >= 11 is 17.7. The largest absolute Gasteiger partial charge is 0.323 e.